The highest BCUT2D eigenvalue weighted by Gasteiger charge is 2.35. The first kappa shape index (κ1) is 14.9. The Labute approximate surface area is 104 Å². The highest BCUT2D eigenvalue weighted by molar-refractivity contribution is 7.91. The van der Waals surface area contributed by atoms with Gasteiger partial charge in [0.25, 0.3) is 0 Å². The molecule has 0 saturated carbocycles. The molecule has 2 N–H and O–H groups in total. The number of hydrogen-bond acceptors (Lipinski definition) is 5. The molecular weight excluding hydrogens is 240 g/mol. The van der Waals surface area contributed by atoms with Crippen molar-refractivity contribution in [2.45, 2.75) is 32.4 Å². The van der Waals surface area contributed by atoms with Crippen molar-refractivity contribution in [1.29, 1.82) is 0 Å². The summed E-state index contributed by atoms with van der Waals surface area (Å²) in [5.74, 6) is -0.0276. The van der Waals surface area contributed by atoms with E-state index in [4.69, 9.17) is 0 Å². The van der Waals surface area contributed by atoms with Crippen molar-refractivity contribution in [3.63, 3.8) is 0 Å². The molecule has 1 aliphatic rings. The molecule has 0 amide bonds. The van der Waals surface area contributed by atoms with E-state index in [1.165, 1.54) is 0 Å². The fourth-order valence-corrected chi connectivity index (χ4v) is 3.93. The van der Waals surface area contributed by atoms with Gasteiger partial charge in [0.2, 0.25) is 0 Å². The maximum atomic E-state index is 11.3. The highest BCUT2D eigenvalue weighted by atomic mass is 32.2. The van der Waals surface area contributed by atoms with E-state index in [-0.39, 0.29) is 17.5 Å². The predicted octanol–water partition coefficient (Wildman–Crippen LogP) is -0.534. The van der Waals surface area contributed by atoms with Gasteiger partial charge in [-0.15, -0.1) is 0 Å². The molecule has 0 spiro atoms. The van der Waals surface area contributed by atoms with Crippen LogP contribution in [0.15, 0.2) is 0 Å². The summed E-state index contributed by atoms with van der Waals surface area (Å²) < 4.78 is 22.6. The van der Waals surface area contributed by atoms with Gasteiger partial charge in [-0.3, -0.25) is 0 Å². The van der Waals surface area contributed by atoms with E-state index >= 15 is 0 Å². The lowest BCUT2D eigenvalue weighted by Gasteiger charge is -2.19. The molecule has 0 aromatic heterocycles. The molecule has 1 rings (SSSR count). The van der Waals surface area contributed by atoms with E-state index in [9.17, 15) is 13.5 Å². The Hall–Kier alpha value is -0.170. The van der Waals surface area contributed by atoms with E-state index < -0.39 is 15.9 Å². The van der Waals surface area contributed by atoms with E-state index in [1.807, 2.05) is 0 Å². The van der Waals surface area contributed by atoms with Gasteiger partial charge in [0.15, 0.2) is 9.84 Å². The molecule has 0 aromatic rings. The Kier molecular flexibility index (Phi) is 5.85. The van der Waals surface area contributed by atoms with Crippen molar-refractivity contribution in [2.24, 2.45) is 0 Å². The lowest BCUT2D eigenvalue weighted by Crippen LogP contribution is -2.40. The molecule has 5 nitrogen and oxygen atoms in total. The summed E-state index contributed by atoms with van der Waals surface area (Å²) in [7, 11) is -3.03. The van der Waals surface area contributed by atoms with Crippen LogP contribution in [0, 0.1) is 0 Å². The van der Waals surface area contributed by atoms with Gasteiger partial charge < -0.3 is 15.3 Å². The Balaban J connectivity index is 2.19. The maximum Gasteiger partial charge on any atom is 0.154 e. The molecule has 2 atom stereocenters. The second kappa shape index (κ2) is 6.68. The number of hydrogen-bond donors (Lipinski definition) is 2. The number of sulfone groups is 1. The van der Waals surface area contributed by atoms with Crippen molar-refractivity contribution >= 4 is 9.84 Å². The third-order valence-corrected chi connectivity index (χ3v) is 4.99. The van der Waals surface area contributed by atoms with Crippen LogP contribution in [-0.4, -0.2) is 68.3 Å². The first-order valence-corrected chi connectivity index (χ1v) is 8.15. The van der Waals surface area contributed by atoms with Gasteiger partial charge in [-0.1, -0.05) is 13.8 Å². The molecule has 102 valence electrons. The Morgan fingerprint density at radius 1 is 1.29 bits per heavy atom. The van der Waals surface area contributed by atoms with Crippen molar-refractivity contribution in [1.82, 2.24) is 10.2 Å². The molecule has 2 unspecified atom stereocenters. The summed E-state index contributed by atoms with van der Waals surface area (Å²) in [5.41, 5.74) is 0. The van der Waals surface area contributed by atoms with Gasteiger partial charge in [0, 0.05) is 6.04 Å². The summed E-state index contributed by atoms with van der Waals surface area (Å²) in [4.78, 5) is 2.32. The molecule has 1 saturated heterocycles. The Bertz CT molecular complexity index is 315. The Morgan fingerprint density at radius 2 is 1.94 bits per heavy atom. The normalized spacial score (nSPS) is 27.8. The smallest absolute Gasteiger partial charge is 0.154 e. The highest BCUT2D eigenvalue weighted by Crippen LogP contribution is 2.12. The molecular formula is C11H24N2O3S. The zero-order valence-corrected chi connectivity index (χ0v) is 11.5. The molecule has 6 heteroatoms. The lowest BCUT2D eigenvalue weighted by atomic mass is 10.2. The largest absolute Gasteiger partial charge is 0.390 e. The van der Waals surface area contributed by atoms with Crippen LogP contribution < -0.4 is 5.32 Å². The van der Waals surface area contributed by atoms with Gasteiger partial charge in [0.05, 0.1) is 17.6 Å². The van der Waals surface area contributed by atoms with Gasteiger partial charge >= 0.3 is 0 Å². The second-order valence-corrected chi connectivity index (χ2v) is 6.74. The number of nitrogens with one attached hydrogen (secondary N) is 1. The molecule has 0 radical (unpaired) electrons. The molecule has 0 bridgehead atoms. The third kappa shape index (κ3) is 4.91. The van der Waals surface area contributed by atoms with Crippen molar-refractivity contribution in [2.75, 3.05) is 37.7 Å². The summed E-state index contributed by atoms with van der Waals surface area (Å²) in [5, 5.41) is 12.7. The minimum Gasteiger partial charge on any atom is -0.390 e. The zero-order chi connectivity index (χ0) is 12.9. The van der Waals surface area contributed by atoms with Crippen molar-refractivity contribution in [3.05, 3.63) is 0 Å². The van der Waals surface area contributed by atoms with E-state index in [2.05, 4.69) is 24.1 Å². The average Bonchev–Trinajstić information content (AvgIpc) is 2.52. The summed E-state index contributed by atoms with van der Waals surface area (Å²) >= 11 is 0. The van der Waals surface area contributed by atoms with Crippen LogP contribution in [0.5, 0.6) is 0 Å². The minimum absolute atomic E-state index is 0.0689. The number of aliphatic hydroxyl groups is 1. The van der Waals surface area contributed by atoms with Gasteiger partial charge in [0.1, 0.15) is 0 Å². The quantitative estimate of drug-likeness (QED) is 0.605. The molecule has 1 aliphatic heterocycles. The molecule has 1 fully saturated rings. The molecule has 17 heavy (non-hydrogen) atoms. The monoisotopic (exact) mass is 264 g/mol. The van der Waals surface area contributed by atoms with Crippen LogP contribution in [0.3, 0.4) is 0 Å². The van der Waals surface area contributed by atoms with Gasteiger partial charge in [-0.25, -0.2) is 8.42 Å². The molecule has 0 aliphatic carbocycles. The third-order valence-electron chi connectivity index (χ3n) is 3.27. The lowest BCUT2D eigenvalue weighted by molar-refractivity contribution is 0.165. The van der Waals surface area contributed by atoms with Crippen LogP contribution in [0.2, 0.25) is 0 Å². The van der Waals surface area contributed by atoms with Crippen molar-refractivity contribution in [3.8, 4) is 0 Å². The molecule has 1 heterocycles. The number of rotatable bonds is 7. The Morgan fingerprint density at radius 3 is 2.41 bits per heavy atom. The predicted molar refractivity (Wildman–Crippen MR) is 68.9 cm³/mol. The van der Waals surface area contributed by atoms with Crippen LogP contribution in [0.25, 0.3) is 0 Å². The second-order valence-electron chi connectivity index (χ2n) is 4.59. The topological polar surface area (TPSA) is 69.6 Å². The zero-order valence-electron chi connectivity index (χ0n) is 10.7. The number of aliphatic hydroxyl groups excluding tert-OH is 1. The van der Waals surface area contributed by atoms with Crippen molar-refractivity contribution < 1.29 is 13.5 Å². The van der Waals surface area contributed by atoms with Crippen LogP contribution in [-0.2, 0) is 9.84 Å². The van der Waals surface area contributed by atoms with Crippen LogP contribution >= 0.6 is 0 Å². The van der Waals surface area contributed by atoms with E-state index in [0.29, 0.717) is 0 Å². The van der Waals surface area contributed by atoms with E-state index in [1.54, 1.807) is 0 Å². The van der Waals surface area contributed by atoms with Gasteiger partial charge in [-0.05, 0) is 32.6 Å². The summed E-state index contributed by atoms with van der Waals surface area (Å²) in [6.45, 7) is 8.10. The fraction of sp³-hybridized carbons (Fsp3) is 1.00. The SMILES string of the molecule is CCN(CC)CCCNC1CS(=O)(=O)CC1O. The standard InChI is InChI=1S/C11H24N2O3S/c1-3-13(4-2)7-5-6-12-10-8-17(15,16)9-11(10)14/h10-12,14H,3-9H2,1-2H3. The molecule has 0 aromatic carbocycles. The van der Waals surface area contributed by atoms with Gasteiger partial charge in [-0.2, -0.15) is 0 Å². The van der Waals surface area contributed by atoms with E-state index in [0.717, 1.165) is 32.6 Å². The average molecular weight is 264 g/mol. The first-order chi connectivity index (χ1) is 7.98. The van der Waals surface area contributed by atoms with Crippen LogP contribution in [0.4, 0.5) is 0 Å². The van der Waals surface area contributed by atoms with Crippen LogP contribution in [0.1, 0.15) is 20.3 Å². The summed E-state index contributed by atoms with van der Waals surface area (Å²) in [6, 6.07) is -0.281. The fourth-order valence-electron chi connectivity index (χ4n) is 2.15. The minimum atomic E-state index is -3.03. The number of nitrogens with zero attached hydrogens (tertiary/aromatic N) is 1. The first-order valence-electron chi connectivity index (χ1n) is 6.32. The maximum absolute atomic E-state index is 11.3. The summed E-state index contributed by atoms with van der Waals surface area (Å²) in [6.07, 6.45) is 0.235.